The molecule has 2 aromatic carbocycles. The lowest BCUT2D eigenvalue weighted by molar-refractivity contribution is 0.0692. The van der Waals surface area contributed by atoms with Crippen molar-refractivity contribution in [2.45, 2.75) is 6.42 Å². The largest absolute Gasteiger partial charge is 0.423 e. The highest BCUT2D eigenvalue weighted by Gasteiger charge is 2.18. The molecule has 2 heteroatoms. The second-order valence-corrected chi connectivity index (χ2v) is 4.19. The Labute approximate surface area is 106 Å². The summed E-state index contributed by atoms with van der Waals surface area (Å²) in [7, 11) is 0. The van der Waals surface area contributed by atoms with Crippen LogP contribution in [-0.4, -0.2) is 5.97 Å². The van der Waals surface area contributed by atoms with Gasteiger partial charge in [-0.15, -0.1) is 0 Å². The molecule has 0 atom stereocenters. The van der Waals surface area contributed by atoms with Gasteiger partial charge in [0.2, 0.25) is 0 Å². The Kier molecular flexibility index (Phi) is 2.69. The van der Waals surface area contributed by atoms with E-state index in [-0.39, 0.29) is 5.97 Å². The summed E-state index contributed by atoms with van der Waals surface area (Å²) in [4.78, 5) is 11.9. The first-order valence-corrected chi connectivity index (χ1v) is 5.90. The molecule has 0 fully saturated rings. The fourth-order valence-corrected chi connectivity index (χ4v) is 2.08. The number of carbonyl (C=O) groups is 1. The zero-order chi connectivity index (χ0) is 12.4. The normalized spacial score (nSPS) is 12.8. The van der Waals surface area contributed by atoms with E-state index < -0.39 is 0 Å². The van der Waals surface area contributed by atoms with E-state index in [4.69, 9.17) is 4.74 Å². The molecule has 0 amide bonds. The van der Waals surface area contributed by atoms with Crippen molar-refractivity contribution in [1.82, 2.24) is 0 Å². The van der Waals surface area contributed by atoms with Crippen LogP contribution in [0.1, 0.15) is 21.5 Å². The van der Waals surface area contributed by atoms with Gasteiger partial charge in [-0.1, -0.05) is 42.5 Å². The minimum absolute atomic E-state index is 0.307. The maximum atomic E-state index is 11.9. The highest BCUT2D eigenvalue weighted by molar-refractivity contribution is 5.93. The lowest BCUT2D eigenvalue weighted by Crippen LogP contribution is -2.03. The third kappa shape index (κ3) is 1.93. The molecular weight excluding hydrogens is 224 g/mol. The number of fused-ring (bicyclic) bond motifs is 1. The van der Waals surface area contributed by atoms with E-state index in [9.17, 15) is 4.79 Å². The molecule has 3 rings (SSSR count). The number of benzene rings is 2. The van der Waals surface area contributed by atoms with Crippen LogP contribution in [0, 0.1) is 0 Å². The third-order valence-electron chi connectivity index (χ3n) is 3.00. The highest BCUT2D eigenvalue weighted by atomic mass is 16.5. The van der Waals surface area contributed by atoms with Gasteiger partial charge in [0.05, 0.1) is 5.56 Å². The Bertz CT molecular complexity index is 612. The van der Waals surface area contributed by atoms with Crippen molar-refractivity contribution < 1.29 is 9.53 Å². The van der Waals surface area contributed by atoms with Gasteiger partial charge >= 0.3 is 5.97 Å². The highest BCUT2D eigenvalue weighted by Crippen LogP contribution is 2.28. The minimum atomic E-state index is -0.307. The van der Waals surface area contributed by atoms with E-state index in [1.807, 2.05) is 42.5 Å². The van der Waals surface area contributed by atoms with E-state index in [0.717, 1.165) is 12.0 Å². The lowest BCUT2D eigenvalue weighted by Gasteiger charge is -2.06. The van der Waals surface area contributed by atoms with Gasteiger partial charge in [0.1, 0.15) is 5.76 Å². The number of esters is 1. The van der Waals surface area contributed by atoms with Crippen LogP contribution in [0.15, 0.2) is 60.7 Å². The second kappa shape index (κ2) is 4.49. The summed E-state index contributed by atoms with van der Waals surface area (Å²) in [6.45, 7) is 0. The number of allylic oxidation sites excluding steroid dienone is 1. The topological polar surface area (TPSA) is 26.3 Å². The van der Waals surface area contributed by atoms with Crippen molar-refractivity contribution in [2.75, 3.05) is 0 Å². The van der Waals surface area contributed by atoms with Crippen LogP contribution >= 0.6 is 0 Å². The summed E-state index contributed by atoms with van der Waals surface area (Å²) in [5, 5.41) is 0. The number of rotatable bonds is 2. The van der Waals surface area contributed by atoms with Gasteiger partial charge in [-0.3, -0.25) is 0 Å². The average Bonchev–Trinajstić information content (AvgIpc) is 2.83. The second-order valence-electron chi connectivity index (χ2n) is 4.19. The Hall–Kier alpha value is -2.35. The Balaban J connectivity index is 1.82. The van der Waals surface area contributed by atoms with Crippen LogP contribution in [-0.2, 0) is 11.2 Å². The number of ether oxygens (including phenoxy) is 1. The van der Waals surface area contributed by atoms with E-state index in [1.54, 1.807) is 12.1 Å². The fraction of sp³-hybridized carbons (Fsp3) is 0.0625. The molecule has 0 heterocycles. The first-order chi connectivity index (χ1) is 8.84. The van der Waals surface area contributed by atoms with Crippen LogP contribution in [0.4, 0.5) is 0 Å². The van der Waals surface area contributed by atoms with Gasteiger partial charge in [0.25, 0.3) is 0 Å². The van der Waals surface area contributed by atoms with Crippen LogP contribution in [0.5, 0.6) is 0 Å². The van der Waals surface area contributed by atoms with Crippen LogP contribution in [0.25, 0.3) is 5.76 Å². The van der Waals surface area contributed by atoms with Gasteiger partial charge in [-0.05, 0) is 30.2 Å². The molecule has 2 nitrogen and oxygen atoms in total. The lowest BCUT2D eigenvalue weighted by atomic mass is 10.1. The molecule has 0 spiro atoms. The molecule has 0 saturated carbocycles. The van der Waals surface area contributed by atoms with E-state index in [0.29, 0.717) is 11.3 Å². The van der Waals surface area contributed by atoms with Crippen molar-refractivity contribution in [2.24, 2.45) is 0 Å². The maximum Gasteiger partial charge on any atom is 0.343 e. The summed E-state index contributed by atoms with van der Waals surface area (Å²) in [6.07, 6.45) is 2.78. The summed E-state index contributed by atoms with van der Waals surface area (Å²) in [5.74, 6) is 0.359. The van der Waals surface area contributed by atoms with E-state index in [1.165, 1.54) is 5.56 Å². The Morgan fingerprint density at radius 3 is 2.50 bits per heavy atom. The molecule has 88 valence electrons. The minimum Gasteiger partial charge on any atom is -0.423 e. The maximum absolute atomic E-state index is 11.9. The van der Waals surface area contributed by atoms with Gasteiger partial charge < -0.3 is 4.74 Å². The molecule has 0 radical (unpaired) electrons. The summed E-state index contributed by atoms with van der Waals surface area (Å²) in [5.41, 5.74) is 2.79. The van der Waals surface area contributed by atoms with Crippen molar-refractivity contribution in [3.63, 3.8) is 0 Å². The van der Waals surface area contributed by atoms with Crippen LogP contribution in [0.3, 0.4) is 0 Å². The molecular formula is C16H12O2. The summed E-state index contributed by atoms with van der Waals surface area (Å²) in [6, 6.07) is 17.0. The van der Waals surface area contributed by atoms with E-state index >= 15 is 0 Å². The van der Waals surface area contributed by atoms with Gasteiger partial charge in [0, 0.05) is 5.56 Å². The molecule has 0 aromatic heterocycles. The number of hydrogen-bond donors (Lipinski definition) is 0. The summed E-state index contributed by atoms with van der Waals surface area (Å²) < 4.78 is 5.45. The predicted molar refractivity (Wildman–Crippen MR) is 70.0 cm³/mol. The Morgan fingerprint density at radius 1 is 0.944 bits per heavy atom. The molecule has 1 aliphatic carbocycles. The molecule has 1 aliphatic rings. The molecule has 2 aromatic rings. The SMILES string of the molecule is O=C(OC1=CCc2ccccc21)c1ccccc1. The van der Waals surface area contributed by atoms with Crippen molar-refractivity contribution >= 4 is 11.7 Å². The standard InChI is InChI=1S/C16H12O2/c17-16(13-7-2-1-3-8-13)18-15-11-10-12-6-4-5-9-14(12)15/h1-9,11H,10H2. The zero-order valence-corrected chi connectivity index (χ0v) is 9.80. The zero-order valence-electron chi connectivity index (χ0n) is 9.80. The molecule has 0 aliphatic heterocycles. The molecule has 0 unspecified atom stereocenters. The van der Waals surface area contributed by atoms with Crippen molar-refractivity contribution in [1.29, 1.82) is 0 Å². The third-order valence-corrected chi connectivity index (χ3v) is 3.00. The number of hydrogen-bond acceptors (Lipinski definition) is 2. The van der Waals surface area contributed by atoms with E-state index in [2.05, 4.69) is 6.07 Å². The van der Waals surface area contributed by atoms with Crippen molar-refractivity contribution in [3.05, 3.63) is 77.4 Å². The van der Waals surface area contributed by atoms with Crippen molar-refractivity contribution in [3.8, 4) is 0 Å². The summed E-state index contributed by atoms with van der Waals surface area (Å²) >= 11 is 0. The molecule has 0 bridgehead atoms. The average molecular weight is 236 g/mol. The van der Waals surface area contributed by atoms with Gasteiger partial charge in [-0.2, -0.15) is 0 Å². The molecule has 0 saturated heterocycles. The first-order valence-electron chi connectivity index (χ1n) is 5.90. The van der Waals surface area contributed by atoms with Crippen LogP contribution in [0.2, 0.25) is 0 Å². The Morgan fingerprint density at radius 2 is 1.67 bits per heavy atom. The quantitative estimate of drug-likeness (QED) is 0.746. The van der Waals surface area contributed by atoms with Gasteiger partial charge in [0.15, 0.2) is 0 Å². The predicted octanol–water partition coefficient (Wildman–Crippen LogP) is 3.44. The smallest absolute Gasteiger partial charge is 0.343 e. The number of carbonyl (C=O) groups excluding carboxylic acids is 1. The molecule has 18 heavy (non-hydrogen) atoms. The first kappa shape index (κ1) is 10.8. The van der Waals surface area contributed by atoms with Gasteiger partial charge in [-0.25, -0.2) is 4.79 Å². The monoisotopic (exact) mass is 236 g/mol. The fourth-order valence-electron chi connectivity index (χ4n) is 2.08. The molecule has 0 N–H and O–H groups in total. The van der Waals surface area contributed by atoms with Crippen LogP contribution < -0.4 is 0 Å².